The molecule has 0 aliphatic carbocycles. The van der Waals surface area contributed by atoms with Crippen LogP contribution in [0.4, 0.5) is 5.69 Å². The van der Waals surface area contributed by atoms with Crippen LogP contribution in [0.3, 0.4) is 0 Å². The first-order chi connectivity index (χ1) is 11.7. The third-order valence-electron chi connectivity index (χ3n) is 4.31. The van der Waals surface area contributed by atoms with Crippen LogP contribution in [0, 0.1) is 0 Å². The summed E-state index contributed by atoms with van der Waals surface area (Å²) in [5, 5.41) is 3.65. The van der Waals surface area contributed by atoms with Crippen molar-refractivity contribution in [1.82, 2.24) is 0 Å². The van der Waals surface area contributed by atoms with E-state index in [2.05, 4.69) is 18.3 Å². The highest BCUT2D eigenvalue weighted by molar-refractivity contribution is 7.84. The summed E-state index contributed by atoms with van der Waals surface area (Å²) >= 11 is 0. The molecule has 1 atom stereocenters. The van der Waals surface area contributed by atoms with Crippen molar-refractivity contribution in [3.05, 3.63) is 53.5 Å². The molecule has 0 unspecified atom stereocenters. The Morgan fingerprint density at radius 3 is 2.71 bits per heavy atom. The SMILES string of the molecule is CCc1ccc(CNc2cccc(C[S@](=O)C3CCOCC3)c2)o1. The number of ether oxygens (including phenoxy) is 1. The van der Waals surface area contributed by atoms with Gasteiger partial charge < -0.3 is 14.5 Å². The van der Waals surface area contributed by atoms with Crippen molar-refractivity contribution in [2.45, 2.75) is 43.7 Å². The number of hydrogen-bond acceptors (Lipinski definition) is 4. The molecule has 24 heavy (non-hydrogen) atoms. The quantitative estimate of drug-likeness (QED) is 0.826. The number of nitrogens with one attached hydrogen (secondary N) is 1. The Morgan fingerprint density at radius 2 is 1.96 bits per heavy atom. The Labute approximate surface area is 146 Å². The fourth-order valence-corrected chi connectivity index (χ4v) is 4.35. The third-order valence-corrected chi connectivity index (χ3v) is 6.14. The molecule has 0 amide bonds. The van der Waals surface area contributed by atoms with E-state index in [1.807, 2.05) is 30.3 Å². The third kappa shape index (κ3) is 4.71. The lowest BCUT2D eigenvalue weighted by Crippen LogP contribution is -2.25. The molecular weight excluding hydrogens is 322 g/mol. The second-order valence-electron chi connectivity index (χ2n) is 6.11. The fourth-order valence-electron chi connectivity index (χ4n) is 2.89. The van der Waals surface area contributed by atoms with Crippen LogP contribution in [0.15, 0.2) is 40.8 Å². The van der Waals surface area contributed by atoms with E-state index in [0.717, 1.165) is 55.2 Å². The van der Waals surface area contributed by atoms with Crippen molar-refractivity contribution in [2.75, 3.05) is 18.5 Å². The summed E-state index contributed by atoms with van der Waals surface area (Å²) in [6.07, 6.45) is 2.72. The lowest BCUT2D eigenvalue weighted by Gasteiger charge is -2.21. The van der Waals surface area contributed by atoms with Crippen LogP contribution in [0.2, 0.25) is 0 Å². The largest absolute Gasteiger partial charge is 0.464 e. The zero-order chi connectivity index (χ0) is 16.8. The number of anilines is 1. The summed E-state index contributed by atoms with van der Waals surface area (Å²) in [7, 11) is -0.830. The van der Waals surface area contributed by atoms with Gasteiger partial charge in [-0.1, -0.05) is 19.1 Å². The van der Waals surface area contributed by atoms with E-state index in [1.165, 1.54) is 0 Å². The number of rotatable bonds is 7. The summed E-state index contributed by atoms with van der Waals surface area (Å²) in [6.45, 7) is 4.21. The number of furan rings is 1. The number of hydrogen-bond donors (Lipinski definition) is 1. The number of aryl methyl sites for hydroxylation is 1. The van der Waals surface area contributed by atoms with Gasteiger partial charge in [0.1, 0.15) is 11.5 Å². The first-order valence-electron chi connectivity index (χ1n) is 8.60. The summed E-state index contributed by atoms with van der Waals surface area (Å²) in [6, 6.07) is 12.2. The average molecular weight is 347 g/mol. The Morgan fingerprint density at radius 1 is 1.17 bits per heavy atom. The van der Waals surface area contributed by atoms with Gasteiger partial charge in [-0.05, 0) is 42.7 Å². The minimum atomic E-state index is -0.830. The molecule has 5 heteroatoms. The van der Waals surface area contributed by atoms with E-state index in [1.54, 1.807) is 0 Å². The Balaban J connectivity index is 1.56. The molecule has 0 spiro atoms. The van der Waals surface area contributed by atoms with Crippen molar-refractivity contribution in [1.29, 1.82) is 0 Å². The average Bonchev–Trinajstić information content (AvgIpc) is 3.09. The lowest BCUT2D eigenvalue weighted by molar-refractivity contribution is 0.0992. The second kappa shape index (κ2) is 8.49. The minimum Gasteiger partial charge on any atom is -0.464 e. The topological polar surface area (TPSA) is 51.5 Å². The van der Waals surface area contributed by atoms with Crippen LogP contribution in [0.1, 0.15) is 36.8 Å². The van der Waals surface area contributed by atoms with Crippen LogP contribution in [-0.2, 0) is 34.3 Å². The fraction of sp³-hybridized carbons (Fsp3) is 0.474. The van der Waals surface area contributed by atoms with Crippen LogP contribution in [0.5, 0.6) is 0 Å². The molecule has 1 aliphatic heterocycles. The summed E-state index contributed by atoms with van der Waals surface area (Å²) in [5.74, 6) is 2.55. The van der Waals surface area contributed by atoms with Crippen LogP contribution >= 0.6 is 0 Å². The standard InChI is InChI=1S/C19H25NO3S/c1-2-17-6-7-18(23-17)13-20-16-5-3-4-15(12-16)14-24(21)19-8-10-22-11-9-19/h3-7,12,19-20H,2,8-11,13-14H2,1H3/t24-/m0/s1. The van der Waals surface area contributed by atoms with Crippen LogP contribution < -0.4 is 5.32 Å². The van der Waals surface area contributed by atoms with Gasteiger partial charge in [-0.25, -0.2) is 0 Å². The summed E-state index contributed by atoms with van der Waals surface area (Å²) in [4.78, 5) is 0. The van der Waals surface area contributed by atoms with Gasteiger partial charge in [0.2, 0.25) is 0 Å². The van der Waals surface area contributed by atoms with Gasteiger partial charge in [-0.15, -0.1) is 0 Å². The Hall–Kier alpha value is -1.59. The Kier molecular flexibility index (Phi) is 6.10. The molecule has 2 heterocycles. The molecule has 1 aromatic heterocycles. The predicted molar refractivity (Wildman–Crippen MR) is 97.5 cm³/mol. The zero-order valence-electron chi connectivity index (χ0n) is 14.1. The van der Waals surface area contributed by atoms with Crippen molar-refractivity contribution >= 4 is 16.5 Å². The van der Waals surface area contributed by atoms with E-state index in [9.17, 15) is 4.21 Å². The van der Waals surface area contributed by atoms with Gasteiger partial charge in [0.05, 0.1) is 6.54 Å². The molecule has 1 aromatic carbocycles. The van der Waals surface area contributed by atoms with Gasteiger partial charge in [0.25, 0.3) is 0 Å². The Bertz CT molecular complexity index is 677. The van der Waals surface area contributed by atoms with E-state index >= 15 is 0 Å². The monoisotopic (exact) mass is 347 g/mol. The number of benzene rings is 1. The molecule has 4 nitrogen and oxygen atoms in total. The van der Waals surface area contributed by atoms with Gasteiger partial charge in [-0.2, -0.15) is 0 Å². The molecule has 3 rings (SSSR count). The molecule has 130 valence electrons. The van der Waals surface area contributed by atoms with Gasteiger partial charge in [0.15, 0.2) is 0 Å². The van der Waals surface area contributed by atoms with E-state index < -0.39 is 10.8 Å². The molecule has 0 radical (unpaired) electrons. The van der Waals surface area contributed by atoms with E-state index in [4.69, 9.17) is 9.15 Å². The van der Waals surface area contributed by atoms with Gasteiger partial charge in [-0.3, -0.25) is 4.21 Å². The zero-order valence-corrected chi connectivity index (χ0v) is 14.9. The smallest absolute Gasteiger partial charge is 0.123 e. The minimum absolute atomic E-state index is 0.269. The first-order valence-corrected chi connectivity index (χ1v) is 9.98. The second-order valence-corrected chi connectivity index (χ2v) is 7.83. The molecule has 1 fully saturated rings. The van der Waals surface area contributed by atoms with Crippen molar-refractivity contribution in [3.8, 4) is 0 Å². The molecule has 0 bridgehead atoms. The molecule has 1 N–H and O–H groups in total. The van der Waals surface area contributed by atoms with Crippen LogP contribution in [-0.4, -0.2) is 22.7 Å². The maximum absolute atomic E-state index is 12.5. The lowest BCUT2D eigenvalue weighted by atomic mass is 10.2. The molecule has 0 saturated carbocycles. The van der Waals surface area contributed by atoms with E-state index in [-0.39, 0.29) is 5.25 Å². The van der Waals surface area contributed by atoms with Crippen LogP contribution in [0.25, 0.3) is 0 Å². The normalized spacial score (nSPS) is 16.9. The highest BCUT2D eigenvalue weighted by Crippen LogP contribution is 2.19. The maximum atomic E-state index is 12.5. The molecule has 1 aliphatic rings. The van der Waals surface area contributed by atoms with Gasteiger partial charge >= 0.3 is 0 Å². The van der Waals surface area contributed by atoms with Gasteiger partial charge in [0, 0.05) is 47.1 Å². The van der Waals surface area contributed by atoms with Crippen molar-refractivity contribution in [3.63, 3.8) is 0 Å². The molecule has 2 aromatic rings. The maximum Gasteiger partial charge on any atom is 0.123 e. The predicted octanol–water partition coefficient (Wildman–Crippen LogP) is 3.88. The summed E-state index contributed by atoms with van der Waals surface area (Å²) in [5.41, 5.74) is 2.14. The first kappa shape index (κ1) is 17.2. The highest BCUT2D eigenvalue weighted by atomic mass is 32.2. The summed E-state index contributed by atoms with van der Waals surface area (Å²) < 4.78 is 23.6. The van der Waals surface area contributed by atoms with Crippen molar-refractivity contribution < 1.29 is 13.4 Å². The van der Waals surface area contributed by atoms with Crippen molar-refractivity contribution in [2.24, 2.45) is 0 Å². The highest BCUT2D eigenvalue weighted by Gasteiger charge is 2.20. The van der Waals surface area contributed by atoms with E-state index in [0.29, 0.717) is 12.3 Å². The molecular formula is C19H25NO3S. The molecule has 1 saturated heterocycles.